The Hall–Kier alpha value is -1.34. The number of carbonyl (C=O) groups is 2. The van der Waals surface area contributed by atoms with Gasteiger partial charge in [0.15, 0.2) is 0 Å². The van der Waals surface area contributed by atoms with Gasteiger partial charge in [-0.1, -0.05) is 13.8 Å². The molecule has 1 unspecified atom stereocenters. The van der Waals surface area contributed by atoms with E-state index in [1.807, 2.05) is 13.8 Å². The zero-order valence-corrected chi connectivity index (χ0v) is 14.8. The number of rotatable bonds is 7. The molecular weight excluding hydrogens is 300 g/mol. The van der Waals surface area contributed by atoms with Gasteiger partial charge in [-0.25, -0.2) is 4.79 Å². The first-order chi connectivity index (χ1) is 10.5. The van der Waals surface area contributed by atoms with E-state index >= 15 is 0 Å². The number of aliphatic carboxylic acids is 1. The van der Waals surface area contributed by atoms with Crippen molar-refractivity contribution in [1.82, 2.24) is 10.2 Å². The molecule has 1 rings (SSSR count). The van der Waals surface area contributed by atoms with Crippen LogP contribution in [0.1, 0.15) is 47.5 Å². The molecule has 0 aromatic carbocycles. The summed E-state index contributed by atoms with van der Waals surface area (Å²) in [5, 5.41) is 21.7. The molecule has 0 aromatic rings. The van der Waals surface area contributed by atoms with Gasteiger partial charge in [-0.05, 0) is 33.1 Å². The van der Waals surface area contributed by atoms with E-state index in [0.29, 0.717) is 19.5 Å². The number of carboxylic acids is 1. The highest BCUT2D eigenvalue weighted by atomic mass is 16.6. The van der Waals surface area contributed by atoms with Crippen LogP contribution in [0.4, 0.5) is 4.79 Å². The Labute approximate surface area is 138 Å². The lowest BCUT2D eigenvalue weighted by Crippen LogP contribution is -2.73. The molecule has 23 heavy (non-hydrogen) atoms. The maximum absolute atomic E-state index is 12.0. The SMILES string of the molecule is CC(C)C(CCO)NC1(CC(=O)O)CN(C(=O)OC(C)(C)C)C1. The molecule has 7 heteroatoms. The predicted octanol–water partition coefficient (Wildman–Crippen LogP) is 1.45. The van der Waals surface area contributed by atoms with Crippen LogP contribution in [0.5, 0.6) is 0 Å². The third kappa shape index (κ3) is 5.99. The molecular formula is C16H30N2O5. The van der Waals surface area contributed by atoms with Crippen LogP contribution in [0.2, 0.25) is 0 Å². The van der Waals surface area contributed by atoms with Crippen LogP contribution in [-0.2, 0) is 9.53 Å². The fraction of sp³-hybridized carbons (Fsp3) is 0.875. The minimum atomic E-state index is -0.909. The molecule has 0 bridgehead atoms. The highest BCUT2D eigenvalue weighted by Crippen LogP contribution is 2.28. The van der Waals surface area contributed by atoms with E-state index in [2.05, 4.69) is 5.32 Å². The van der Waals surface area contributed by atoms with Gasteiger partial charge < -0.3 is 25.2 Å². The van der Waals surface area contributed by atoms with E-state index in [-0.39, 0.29) is 25.0 Å². The first-order valence-corrected chi connectivity index (χ1v) is 8.06. The number of aliphatic hydroxyl groups excluding tert-OH is 1. The van der Waals surface area contributed by atoms with Crippen LogP contribution in [-0.4, -0.2) is 64.1 Å². The fourth-order valence-corrected chi connectivity index (χ4v) is 2.79. The molecule has 0 aliphatic carbocycles. The Morgan fingerprint density at radius 1 is 1.30 bits per heavy atom. The van der Waals surface area contributed by atoms with E-state index in [9.17, 15) is 19.8 Å². The quantitative estimate of drug-likeness (QED) is 0.653. The van der Waals surface area contributed by atoms with Crippen LogP contribution >= 0.6 is 0 Å². The fourth-order valence-electron chi connectivity index (χ4n) is 2.79. The molecule has 1 fully saturated rings. The van der Waals surface area contributed by atoms with Gasteiger partial charge in [-0.15, -0.1) is 0 Å². The zero-order chi connectivity index (χ0) is 17.8. The molecule has 134 valence electrons. The lowest BCUT2D eigenvalue weighted by atomic mass is 9.84. The number of aliphatic hydroxyl groups is 1. The second-order valence-corrected chi connectivity index (χ2v) is 7.69. The molecule has 1 aliphatic heterocycles. The van der Waals surface area contributed by atoms with E-state index in [0.717, 1.165) is 0 Å². The Morgan fingerprint density at radius 3 is 2.26 bits per heavy atom. The van der Waals surface area contributed by atoms with E-state index in [1.54, 1.807) is 20.8 Å². The summed E-state index contributed by atoms with van der Waals surface area (Å²) < 4.78 is 5.31. The molecule has 3 N–H and O–H groups in total. The number of ether oxygens (including phenoxy) is 1. The summed E-state index contributed by atoms with van der Waals surface area (Å²) in [5.41, 5.74) is -1.24. The van der Waals surface area contributed by atoms with E-state index in [4.69, 9.17) is 4.74 Å². The van der Waals surface area contributed by atoms with E-state index < -0.39 is 23.2 Å². The summed E-state index contributed by atoms with van der Waals surface area (Å²) in [5.74, 6) is -0.656. The molecule has 1 heterocycles. The summed E-state index contributed by atoms with van der Waals surface area (Å²) in [6.45, 7) is 10.1. The monoisotopic (exact) mass is 330 g/mol. The van der Waals surface area contributed by atoms with Crippen LogP contribution < -0.4 is 5.32 Å². The highest BCUT2D eigenvalue weighted by Gasteiger charge is 2.48. The van der Waals surface area contributed by atoms with Crippen molar-refractivity contribution in [3.05, 3.63) is 0 Å². The molecule has 1 amide bonds. The average molecular weight is 330 g/mol. The summed E-state index contributed by atoms with van der Waals surface area (Å²) in [6, 6.07) is 0.000126. The molecule has 0 spiro atoms. The summed E-state index contributed by atoms with van der Waals surface area (Å²) in [6.07, 6.45) is 0.0513. The number of nitrogens with zero attached hydrogens (tertiary/aromatic N) is 1. The largest absolute Gasteiger partial charge is 0.481 e. The molecule has 7 nitrogen and oxygen atoms in total. The topological polar surface area (TPSA) is 99.1 Å². The molecule has 1 aliphatic rings. The Kier molecular flexibility index (Phi) is 6.41. The van der Waals surface area contributed by atoms with Gasteiger partial charge in [0.05, 0.1) is 12.0 Å². The molecule has 0 aromatic heterocycles. The van der Waals surface area contributed by atoms with Crippen LogP contribution in [0.15, 0.2) is 0 Å². The van der Waals surface area contributed by atoms with Gasteiger partial charge in [0.2, 0.25) is 0 Å². The predicted molar refractivity (Wildman–Crippen MR) is 86.3 cm³/mol. The van der Waals surface area contributed by atoms with Gasteiger partial charge in [-0.2, -0.15) is 0 Å². The third-order valence-corrected chi connectivity index (χ3v) is 3.86. The van der Waals surface area contributed by atoms with Crippen molar-refractivity contribution in [3.63, 3.8) is 0 Å². The summed E-state index contributed by atoms with van der Waals surface area (Å²) in [4.78, 5) is 24.8. The van der Waals surface area contributed by atoms with Crippen LogP contribution in [0.3, 0.4) is 0 Å². The van der Waals surface area contributed by atoms with Crippen molar-refractivity contribution >= 4 is 12.1 Å². The first-order valence-electron chi connectivity index (χ1n) is 8.06. The lowest BCUT2D eigenvalue weighted by Gasteiger charge is -2.51. The minimum absolute atomic E-state index is 0.000126. The maximum atomic E-state index is 12.0. The number of carbonyl (C=O) groups excluding carboxylic acids is 1. The lowest BCUT2D eigenvalue weighted by molar-refractivity contribution is -0.141. The van der Waals surface area contributed by atoms with Gasteiger partial charge in [0.25, 0.3) is 0 Å². The van der Waals surface area contributed by atoms with E-state index in [1.165, 1.54) is 4.90 Å². The number of nitrogens with one attached hydrogen (secondary N) is 1. The number of amides is 1. The maximum Gasteiger partial charge on any atom is 0.410 e. The number of likely N-dealkylation sites (tertiary alicyclic amines) is 1. The highest BCUT2D eigenvalue weighted by molar-refractivity contribution is 5.73. The standard InChI is InChI=1S/C16H30N2O5/c1-11(2)12(6-7-19)17-16(8-13(20)21)9-18(10-16)14(22)23-15(3,4)5/h11-12,17,19H,6-10H2,1-5H3,(H,20,21). The second kappa shape index (κ2) is 7.49. The second-order valence-electron chi connectivity index (χ2n) is 7.69. The smallest absolute Gasteiger partial charge is 0.410 e. The minimum Gasteiger partial charge on any atom is -0.481 e. The summed E-state index contributed by atoms with van der Waals surface area (Å²) >= 11 is 0. The van der Waals surface area contributed by atoms with Crippen molar-refractivity contribution in [2.24, 2.45) is 5.92 Å². The van der Waals surface area contributed by atoms with Crippen molar-refractivity contribution in [1.29, 1.82) is 0 Å². The van der Waals surface area contributed by atoms with Gasteiger partial charge in [0.1, 0.15) is 5.60 Å². The molecule has 1 atom stereocenters. The zero-order valence-electron chi connectivity index (χ0n) is 14.8. The number of carboxylic acid groups (broad SMARTS) is 1. The molecule has 0 saturated carbocycles. The van der Waals surface area contributed by atoms with Crippen molar-refractivity contribution in [3.8, 4) is 0 Å². The Balaban J connectivity index is 2.73. The number of hydrogen-bond donors (Lipinski definition) is 3. The van der Waals surface area contributed by atoms with Crippen molar-refractivity contribution in [2.75, 3.05) is 19.7 Å². The first kappa shape index (κ1) is 19.7. The van der Waals surface area contributed by atoms with Gasteiger partial charge in [-0.3, -0.25) is 4.79 Å². The third-order valence-electron chi connectivity index (χ3n) is 3.86. The molecule has 1 saturated heterocycles. The van der Waals surface area contributed by atoms with Crippen molar-refractivity contribution < 1.29 is 24.5 Å². The summed E-state index contributed by atoms with van der Waals surface area (Å²) in [7, 11) is 0. The van der Waals surface area contributed by atoms with Crippen LogP contribution in [0, 0.1) is 5.92 Å². The average Bonchev–Trinajstić information content (AvgIpc) is 2.31. The number of hydrogen-bond acceptors (Lipinski definition) is 5. The van der Waals surface area contributed by atoms with Crippen LogP contribution in [0.25, 0.3) is 0 Å². The Morgan fingerprint density at radius 2 is 1.87 bits per heavy atom. The normalized spacial score (nSPS) is 18.5. The molecule has 0 radical (unpaired) electrons. The Bertz CT molecular complexity index is 425. The van der Waals surface area contributed by atoms with Gasteiger partial charge >= 0.3 is 12.1 Å². The van der Waals surface area contributed by atoms with Crippen molar-refractivity contribution in [2.45, 2.75) is 64.6 Å². The van der Waals surface area contributed by atoms with Gasteiger partial charge in [0, 0.05) is 25.7 Å².